The lowest BCUT2D eigenvalue weighted by Crippen LogP contribution is -2.32. The van der Waals surface area contributed by atoms with E-state index in [2.05, 4.69) is 24.5 Å². The van der Waals surface area contributed by atoms with E-state index in [0.29, 0.717) is 0 Å². The molecule has 0 amide bonds. The third-order valence-electron chi connectivity index (χ3n) is 2.32. The van der Waals surface area contributed by atoms with Crippen molar-refractivity contribution < 1.29 is 4.42 Å². The zero-order valence-electron chi connectivity index (χ0n) is 9.32. The Bertz CT molecular complexity index is 415. The summed E-state index contributed by atoms with van der Waals surface area (Å²) in [6.45, 7) is 2.08. The summed E-state index contributed by atoms with van der Waals surface area (Å²) in [7, 11) is 3.94. The lowest BCUT2D eigenvalue weighted by atomic mass is 10.2. The van der Waals surface area contributed by atoms with Crippen molar-refractivity contribution in [3.05, 3.63) is 36.1 Å². The summed E-state index contributed by atoms with van der Waals surface area (Å²) >= 11 is 0. The fourth-order valence-electron chi connectivity index (χ4n) is 1.67. The van der Waals surface area contributed by atoms with Crippen LogP contribution in [-0.2, 0) is 0 Å². The lowest BCUT2D eigenvalue weighted by Gasteiger charge is -2.16. The lowest BCUT2D eigenvalue weighted by molar-refractivity contribution is 0.236. The minimum atomic E-state index is 0.187. The summed E-state index contributed by atoms with van der Waals surface area (Å²) in [5.41, 5.74) is 4.20. The molecule has 0 bridgehead atoms. The highest BCUT2D eigenvalue weighted by atomic mass is 16.3. The number of benzene rings is 1. The molecule has 1 N–H and O–H groups in total. The quantitative estimate of drug-likeness (QED) is 0.779. The number of hydrazine groups is 1. The summed E-state index contributed by atoms with van der Waals surface area (Å²) in [5, 5.41) is 3.08. The molecule has 0 aliphatic carbocycles. The molecule has 0 aliphatic rings. The van der Waals surface area contributed by atoms with Crippen LogP contribution in [0.4, 0.5) is 0 Å². The molecule has 0 fully saturated rings. The highest BCUT2D eigenvalue weighted by molar-refractivity contribution is 5.77. The largest absolute Gasteiger partial charge is 0.459 e. The highest BCUT2D eigenvalue weighted by Crippen LogP contribution is 2.23. The Balaban J connectivity index is 2.28. The van der Waals surface area contributed by atoms with Gasteiger partial charge in [0.2, 0.25) is 0 Å². The second-order valence-electron chi connectivity index (χ2n) is 3.93. The molecule has 0 radical (unpaired) electrons. The SMILES string of the molecule is CC(NN(C)C)c1cc2ccccc2o1. The van der Waals surface area contributed by atoms with Gasteiger partial charge < -0.3 is 4.42 Å². The van der Waals surface area contributed by atoms with E-state index in [0.717, 1.165) is 16.7 Å². The zero-order chi connectivity index (χ0) is 10.8. The molecule has 0 aliphatic heterocycles. The average Bonchev–Trinajstić information content (AvgIpc) is 2.59. The van der Waals surface area contributed by atoms with Crippen LogP contribution in [0.5, 0.6) is 0 Å². The van der Waals surface area contributed by atoms with Crippen molar-refractivity contribution in [2.45, 2.75) is 13.0 Å². The van der Waals surface area contributed by atoms with Crippen LogP contribution in [0, 0.1) is 0 Å². The van der Waals surface area contributed by atoms with Gasteiger partial charge in [0, 0.05) is 19.5 Å². The van der Waals surface area contributed by atoms with Gasteiger partial charge in [0.1, 0.15) is 11.3 Å². The Labute approximate surface area is 89.6 Å². The second kappa shape index (κ2) is 4.04. The minimum absolute atomic E-state index is 0.187. The molecule has 0 saturated carbocycles. The molecule has 2 aromatic rings. The molecule has 2 rings (SSSR count). The molecule has 0 spiro atoms. The third kappa shape index (κ3) is 2.19. The Morgan fingerprint density at radius 1 is 1.27 bits per heavy atom. The number of furan rings is 1. The molecule has 1 aromatic heterocycles. The normalized spacial score (nSPS) is 13.6. The maximum Gasteiger partial charge on any atom is 0.134 e. The smallest absolute Gasteiger partial charge is 0.134 e. The number of hydrogen-bond acceptors (Lipinski definition) is 3. The molecule has 80 valence electrons. The van der Waals surface area contributed by atoms with Gasteiger partial charge in [-0.05, 0) is 19.1 Å². The van der Waals surface area contributed by atoms with Crippen LogP contribution >= 0.6 is 0 Å². The summed E-state index contributed by atoms with van der Waals surface area (Å²) < 4.78 is 5.74. The summed E-state index contributed by atoms with van der Waals surface area (Å²) in [6, 6.07) is 10.3. The molecular weight excluding hydrogens is 188 g/mol. The molecule has 0 saturated heterocycles. The fraction of sp³-hybridized carbons (Fsp3) is 0.333. The fourth-order valence-corrected chi connectivity index (χ4v) is 1.67. The maximum absolute atomic E-state index is 5.74. The first-order chi connectivity index (χ1) is 7.16. The summed E-state index contributed by atoms with van der Waals surface area (Å²) in [4.78, 5) is 0. The van der Waals surface area contributed by atoms with E-state index in [-0.39, 0.29) is 6.04 Å². The molecule has 1 heterocycles. The second-order valence-corrected chi connectivity index (χ2v) is 3.93. The first-order valence-corrected chi connectivity index (χ1v) is 5.09. The van der Waals surface area contributed by atoms with Crippen LogP contribution in [0.2, 0.25) is 0 Å². The molecule has 15 heavy (non-hydrogen) atoms. The van der Waals surface area contributed by atoms with Crippen molar-refractivity contribution in [1.82, 2.24) is 10.4 Å². The van der Waals surface area contributed by atoms with Gasteiger partial charge in [0.05, 0.1) is 6.04 Å². The van der Waals surface area contributed by atoms with E-state index < -0.39 is 0 Å². The Morgan fingerprint density at radius 3 is 2.67 bits per heavy atom. The van der Waals surface area contributed by atoms with E-state index in [9.17, 15) is 0 Å². The van der Waals surface area contributed by atoms with Gasteiger partial charge in [-0.3, -0.25) is 0 Å². The minimum Gasteiger partial charge on any atom is -0.459 e. The molecule has 3 nitrogen and oxygen atoms in total. The van der Waals surface area contributed by atoms with Gasteiger partial charge in [0.25, 0.3) is 0 Å². The summed E-state index contributed by atoms with van der Waals surface area (Å²) in [6.07, 6.45) is 0. The molecule has 1 unspecified atom stereocenters. The standard InChI is InChI=1S/C12H16N2O/c1-9(13-14(2)3)12-8-10-6-4-5-7-11(10)15-12/h4-9,13H,1-3H3. The highest BCUT2D eigenvalue weighted by Gasteiger charge is 2.10. The zero-order valence-corrected chi connectivity index (χ0v) is 9.32. The number of fused-ring (bicyclic) bond motifs is 1. The first kappa shape index (κ1) is 10.2. The van der Waals surface area contributed by atoms with Gasteiger partial charge in [0.15, 0.2) is 0 Å². The predicted octanol–water partition coefficient (Wildman–Crippen LogP) is 2.56. The van der Waals surface area contributed by atoms with E-state index >= 15 is 0 Å². The van der Waals surface area contributed by atoms with Crippen molar-refractivity contribution in [2.24, 2.45) is 0 Å². The van der Waals surface area contributed by atoms with Gasteiger partial charge >= 0.3 is 0 Å². The van der Waals surface area contributed by atoms with E-state index in [4.69, 9.17) is 4.42 Å². The van der Waals surface area contributed by atoms with Crippen molar-refractivity contribution in [3.8, 4) is 0 Å². The van der Waals surface area contributed by atoms with Crippen molar-refractivity contribution >= 4 is 11.0 Å². The molecule has 3 heteroatoms. The number of hydrogen-bond donors (Lipinski definition) is 1. The predicted molar refractivity (Wildman–Crippen MR) is 61.5 cm³/mol. The number of nitrogens with zero attached hydrogens (tertiary/aromatic N) is 1. The van der Waals surface area contributed by atoms with Gasteiger partial charge in [-0.2, -0.15) is 0 Å². The van der Waals surface area contributed by atoms with Gasteiger partial charge in [-0.1, -0.05) is 18.2 Å². The first-order valence-electron chi connectivity index (χ1n) is 5.09. The van der Waals surface area contributed by atoms with Crippen molar-refractivity contribution in [3.63, 3.8) is 0 Å². The van der Waals surface area contributed by atoms with E-state index in [1.807, 2.05) is 37.3 Å². The van der Waals surface area contributed by atoms with Crippen LogP contribution in [0.15, 0.2) is 34.7 Å². The number of nitrogens with one attached hydrogen (secondary N) is 1. The Morgan fingerprint density at radius 2 is 2.00 bits per heavy atom. The molecular formula is C12H16N2O. The van der Waals surface area contributed by atoms with Crippen LogP contribution in [0.1, 0.15) is 18.7 Å². The molecule has 1 atom stereocenters. The van der Waals surface area contributed by atoms with E-state index in [1.54, 1.807) is 0 Å². The maximum atomic E-state index is 5.74. The van der Waals surface area contributed by atoms with Crippen LogP contribution in [0.25, 0.3) is 11.0 Å². The van der Waals surface area contributed by atoms with Gasteiger partial charge in [-0.25, -0.2) is 10.4 Å². The van der Waals surface area contributed by atoms with E-state index in [1.165, 1.54) is 0 Å². The van der Waals surface area contributed by atoms with Crippen molar-refractivity contribution in [2.75, 3.05) is 14.1 Å². The monoisotopic (exact) mass is 204 g/mol. The van der Waals surface area contributed by atoms with Crippen LogP contribution < -0.4 is 5.43 Å². The topological polar surface area (TPSA) is 28.4 Å². The van der Waals surface area contributed by atoms with Crippen LogP contribution in [-0.4, -0.2) is 19.1 Å². The van der Waals surface area contributed by atoms with Gasteiger partial charge in [-0.15, -0.1) is 0 Å². The van der Waals surface area contributed by atoms with Crippen LogP contribution in [0.3, 0.4) is 0 Å². The Kier molecular flexibility index (Phi) is 2.75. The molecule has 1 aromatic carbocycles. The summed E-state index contributed by atoms with van der Waals surface area (Å²) in [5.74, 6) is 0.963. The third-order valence-corrected chi connectivity index (χ3v) is 2.32. The number of para-hydroxylation sites is 1. The Hall–Kier alpha value is -1.32. The number of rotatable bonds is 3. The average molecular weight is 204 g/mol. The van der Waals surface area contributed by atoms with Crippen molar-refractivity contribution in [1.29, 1.82) is 0 Å².